The molecule has 1 fully saturated rings. The van der Waals surface area contributed by atoms with E-state index in [2.05, 4.69) is 28.6 Å². The Morgan fingerprint density at radius 2 is 2.54 bits per heavy atom. The first-order chi connectivity index (χ1) is 6.18. The molecular weight excluding hydrogens is 182 g/mol. The first kappa shape index (κ1) is 8.94. The van der Waals surface area contributed by atoms with E-state index in [0.29, 0.717) is 6.04 Å². The van der Waals surface area contributed by atoms with Crippen LogP contribution in [0.4, 0.5) is 0 Å². The average Bonchev–Trinajstić information content (AvgIpc) is 2.63. The van der Waals surface area contributed by atoms with Crippen molar-refractivity contribution in [2.45, 2.75) is 32.7 Å². The first-order valence-corrected chi connectivity index (χ1v) is 5.21. The molecule has 1 aliphatic carbocycles. The summed E-state index contributed by atoms with van der Waals surface area (Å²) in [7, 11) is 0. The molecule has 0 saturated heterocycles. The Hall–Kier alpha value is -0.640. The van der Waals surface area contributed by atoms with Crippen LogP contribution in [0.25, 0.3) is 0 Å². The zero-order chi connectivity index (χ0) is 9.42. The van der Waals surface area contributed by atoms with Gasteiger partial charge in [0.2, 0.25) is 0 Å². The predicted octanol–water partition coefficient (Wildman–Crippen LogP) is 2.55. The summed E-state index contributed by atoms with van der Waals surface area (Å²) in [6.07, 6.45) is 4.39. The van der Waals surface area contributed by atoms with Crippen LogP contribution in [0.2, 0.25) is 0 Å². The van der Waals surface area contributed by atoms with E-state index in [0.717, 1.165) is 16.6 Å². The van der Waals surface area contributed by atoms with Crippen molar-refractivity contribution in [3.05, 3.63) is 11.1 Å². The molecule has 1 N–H and O–H groups in total. The summed E-state index contributed by atoms with van der Waals surface area (Å²) in [6.45, 7) is 4.54. The molecule has 0 aromatic carbocycles. The number of hydrogen-bond donors (Lipinski definition) is 1. The van der Waals surface area contributed by atoms with Gasteiger partial charge in [0.25, 0.3) is 0 Å². The third-order valence-electron chi connectivity index (χ3n) is 2.59. The van der Waals surface area contributed by atoms with Crippen molar-refractivity contribution < 1.29 is 0 Å². The molecule has 1 aromatic heterocycles. The molecule has 72 valence electrons. The number of aromatic nitrogens is 3. The lowest BCUT2D eigenvalue weighted by molar-refractivity contribution is 0.504. The largest absolute Gasteiger partial charge is 0.303 e. The van der Waals surface area contributed by atoms with Gasteiger partial charge in [0, 0.05) is 6.04 Å². The van der Waals surface area contributed by atoms with Gasteiger partial charge in [0.1, 0.15) is 6.33 Å². The van der Waals surface area contributed by atoms with E-state index >= 15 is 0 Å². The third kappa shape index (κ3) is 1.82. The molecule has 0 radical (unpaired) electrons. The van der Waals surface area contributed by atoms with Gasteiger partial charge in [-0.15, -0.1) is 0 Å². The second kappa shape index (κ2) is 3.25. The molecule has 4 heteroatoms. The second-order valence-corrected chi connectivity index (χ2v) is 4.65. The van der Waals surface area contributed by atoms with E-state index < -0.39 is 0 Å². The highest BCUT2D eigenvalue weighted by molar-refractivity contribution is 7.71. The van der Waals surface area contributed by atoms with Crippen molar-refractivity contribution in [1.82, 2.24) is 14.8 Å². The van der Waals surface area contributed by atoms with Crippen LogP contribution in [-0.4, -0.2) is 14.8 Å². The Bertz CT molecular complexity index is 339. The molecule has 1 aromatic rings. The van der Waals surface area contributed by atoms with Crippen LogP contribution in [0, 0.1) is 16.6 Å². The van der Waals surface area contributed by atoms with Crippen molar-refractivity contribution in [1.29, 1.82) is 0 Å². The van der Waals surface area contributed by atoms with Gasteiger partial charge < -0.3 is 4.57 Å². The minimum Gasteiger partial charge on any atom is -0.303 e. The van der Waals surface area contributed by atoms with Crippen LogP contribution in [0.3, 0.4) is 0 Å². The van der Waals surface area contributed by atoms with Gasteiger partial charge in [-0.25, -0.2) is 0 Å². The van der Waals surface area contributed by atoms with Crippen LogP contribution >= 0.6 is 12.2 Å². The van der Waals surface area contributed by atoms with Crippen LogP contribution in [-0.2, 0) is 0 Å². The Morgan fingerprint density at radius 1 is 1.77 bits per heavy atom. The van der Waals surface area contributed by atoms with E-state index in [4.69, 9.17) is 12.2 Å². The predicted molar refractivity (Wildman–Crippen MR) is 54.0 cm³/mol. The van der Waals surface area contributed by atoms with E-state index in [9.17, 15) is 0 Å². The minimum atomic E-state index is 0.619. The van der Waals surface area contributed by atoms with Crippen molar-refractivity contribution in [2.24, 2.45) is 11.8 Å². The summed E-state index contributed by atoms with van der Waals surface area (Å²) in [6, 6.07) is 0.619. The van der Waals surface area contributed by atoms with Gasteiger partial charge in [-0.3, -0.25) is 5.10 Å². The van der Waals surface area contributed by atoms with Gasteiger partial charge in [-0.1, -0.05) is 13.8 Å². The van der Waals surface area contributed by atoms with Crippen molar-refractivity contribution in [2.75, 3.05) is 0 Å². The van der Waals surface area contributed by atoms with Crippen molar-refractivity contribution in [3.63, 3.8) is 0 Å². The first-order valence-electron chi connectivity index (χ1n) is 4.80. The molecule has 2 rings (SSSR count). The molecule has 3 nitrogen and oxygen atoms in total. The maximum Gasteiger partial charge on any atom is 0.195 e. The lowest BCUT2D eigenvalue weighted by atomic mass is 10.1. The highest BCUT2D eigenvalue weighted by atomic mass is 32.1. The summed E-state index contributed by atoms with van der Waals surface area (Å²) in [5, 5.41) is 6.72. The molecule has 2 unspecified atom stereocenters. The third-order valence-corrected chi connectivity index (χ3v) is 2.90. The van der Waals surface area contributed by atoms with E-state index in [1.807, 2.05) is 6.33 Å². The van der Waals surface area contributed by atoms with Crippen LogP contribution < -0.4 is 0 Å². The number of H-pyrrole nitrogens is 1. The van der Waals surface area contributed by atoms with Gasteiger partial charge in [0.15, 0.2) is 4.77 Å². The molecule has 1 aliphatic rings. The minimum absolute atomic E-state index is 0.619. The number of aromatic amines is 1. The summed E-state index contributed by atoms with van der Waals surface area (Å²) in [4.78, 5) is 0. The summed E-state index contributed by atoms with van der Waals surface area (Å²) in [5.74, 6) is 1.61. The molecule has 0 amide bonds. The van der Waals surface area contributed by atoms with Gasteiger partial charge >= 0.3 is 0 Å². The fraction of sp³-hybridized carbons (Fsp3) is 0.778. The molecular formula is C9H15N3S. The smallest absolute Gasteiger partial charge is 0.195 e. The van der Waals surface area contributed by atoms with Gasteiger partial charge in [-0.2, -0.15) is 5.10 Å². The number of hydrogen-bond acceptors (Lipinski definition) is 2. The molecule has 1 saturated carbocycles. The quantitative estimate of drug-likeness (QED) is 0.755. The summed E-state index contributed by atoms with van der Waals surface area (Å²) >= 11 is 5.11. The molecule has 1 heterocycles. The number of nitrogens with zero attached hydrogens (tertiary/aromatic N) is 2. The molecule has 0 spiro atoms. The zero-order valence-corrected chi connectivity index (χ0v) is 8.84. The number of rotatable bonds is 3. The summed E-state index contributed by atoms with van der Waals surface area (Å²) in [5.41, 5.74) is 0. The highest BCUT2D eigenvalue weighted by Crippen LogP contribution is 2.47. The normalized spacial score (nSPS) is 26.7. The van der Waals surface area contributed by atoms with E-state index in [1.54, 1.807) is 0 Å². The van der Waals surface area contributed by atoms with Crippen molar-refractivity contribution >= 4 is 12.2 Å². The van der Waals surface area contributed by atoms with E-state index in [1.165, 1.54) is 12.8 Å². The standard InChI is InChI=1S/C9H15N3S/c1-6(2)3-7-4-8(7)12-5-10-11-9(12)13/h5-8H,3-4H2,1-2H3,(H,11,13). The van der Waals surface area contributed by atoms with Crippen LogP contribution in [0.1, 0.15) is 32.7 Å². The van der Waals surface area contributed by atoms with Gasteiger partial charge in [-0.05, 0) is 36.9 Å². The Balaban J connectivity index is 2.00. The lowest BCUT2D eigenvalue weighted by Crippen LogP contribution is -1.97. The fourth-order valence-electron chi connectivity index (χ4n) is 1.92. The SMILES string of the molecule is CC(C)CC1CC1n1cn[nH]c1=S. The number of nitrogens with one attached hydrogen (secondary N) is 1. The molecule has 0 bridgehead atoms. The topological polar surface area (TPSA) is 33.6 Å². The molecule has 0 aliphatic heterocycles. The highest BCUT2D eigenvalue weighted by Gasteiger charge is 2.38. The monoisotopic (exact) mass is 197 g/mol. The average molecular weight is 197 g/mol. The zero-order valence-electron chi connectivity index (χ0n) is 8.03. The molecule has 13 heavy (non-hydrogen) atoms. The maximum atomic E-state index is 5.11. The summed E-state index contributed by atoms with van der Waals surface area (Å²) < 4.78 is 2.85. The Labute approximate surface area is 83.2 Å². The fourth-order valence-corrected chi connectivity index (χ4v) is 2.16. The van der Waals surface area contributed by atoms with E-state index in [-0.39, 0.29) is 0 Å². The van der Waals surface area contributed by atoms with Crippen molar-refractivity contribution in [3.8, 4) is 0 Å². The Kier molecular flexibility index (Phi) is 2.24. The molecule has 2 atom stereocenters. The second-order valence-electron chi connectivity index (χ2n) is 4.26. The van der Waals surface area contributed by atoms with Gasteiger partial charge in [0.05, 0.1) is 0 Å². The van der Waals surface area contributed by atoms with Crippen LogP contribution in [0.15, 0.2) is 6.33 Å². The maximum absolute atomic E-state index is 5.11. The lowest BCUT2D eigenvalue weighted by Gasteiger charge is -2.03. The van der Waals surface area contributed by atoms with Crippen LogP contribution in [0.5, 0.6) is 0 Å². The Morgan fingerprint density at radius 3 is 3.08 bits per heavy atom.